The Morgan fingerprint density at radius 2 is 1.73 bits per heavy atom. The van der Waals surface area contributed by atoms with Crippen LogP contribution in [0.1, 0.15) is 11.1 Å². The summed E-state index contributed by atoms with van der Waals surface area (Å²) in [4.78, 5) is 17.0. The molecule has 138 valence electrons. The van der Waals surface area contributed by atoms with Gasteiger partial charge < -0.3 is 15.1 Å². The van der Waals surface area contributed by atoms with Gasteiger partial charge in [0.15, 0.2) is 0 Å². The molecular formula is C21H26ClN3O. The van der Waals surface area contributed by atoms with Gasteiger partial charge in [-0.25, -0.2) is 0 Å². The van der Waals surface area contributed by atoms with E-state index in [2.05, 4.69) is 46.4 Å². The van der Waals surface area contributed by atoms with Crippen LogP contribution in [0.25, 0.3) is 0 Å². The van der Waals surface area contributed by atoms with Crippen LogP contribution in [0.2, 0.25) is 5.02 Å². The molecule has 0 unspecified atom stereocenters. The molecule has 2 aromatic carbocycles. The van der Waals surface area contributed by atoms with Crippen molar-refractivity contribution in [3.05, 3.63) is 64.7 Å². The maximum Gasteiger partial charge on any atom is 0.224 e. The molecular weight excluding hydrogens is 346 g/mol. The van der Waals surface area contributed by atoms with Gasteiger partial charge in [-0.1, -0.05) is 41.9 Å². The summed E-state index contributed by atoms with van der Waals surface area (Å²) < 4.78 is 0. The quantitative estimate of drug-likeness (QED) is 0.847. The molecule has 1 N–H and O–H groups in total. The van der Waals surface area contributed by atoms with E-state index in [-0.39, 0.29) is 5.91 Å². The second-order valence-electron chi connectivity index (χ2n) is 6.82. The normalized spacial score (nSPS) is 15.1. The number of likely N-dealkylation sites (N-methyl/N-ethyl adjacent to an activating group) is 1. The van der Waals surface area contributed by atoms with Gasteiger partial charge in [0, 0.05) is 43.4 Å². The van der Waals surface area contributed by atoms with Crippen molar-refractivity contribution < 1.29 is 4.79 Å². The van der Waals surface area contributed by atoms with Crippen LogP contribution >= 0.6 is 11.6 Å². The van der Waals surface area contributed by atoms with Crippen molar-refractivity contribution in [2.75, 3.05) is 44.7 Å². The van der Waals surface area contributed by atoms with Gasteiger partial charge in [-0.3, -0.25) is 4.79 Å². The first kappa shape index (κ1) is 18.7. The summed E-state index contributed by atoms with van der Waals surface area (Å²) >= 11 is 5.88. The zero-order chi connectivity index (χ0) is 18.4. The van der Waals surface area contributed by atoms with E-state index in [4.69, 9.17) is 11.6 Å². The number of benzene rings is 2. The molecule has 0 radical (unpaired) electrons. The van der Waals surface area contributed by atoms with E-state index in [1.807, 2.05) is 24.3 Å². The summed E-state index contributed by atoms with van der Waals surface area (Å²) in [5, 5.41) is 3.72. The van der Waals surface area contributed by atoms with E-state index in [0.717, 1.165) is 38.2 Å². The Hall–Kier alpha value is -2.04. The van der Waals surface area contributed by atoms with Crippen molar-refractivity contribution in [2.45, 2.75) is 12.8 Å². The predicted molar refractivity (Wildman–Crippen MR) is 108 cm³/mol. The molecule has 0 bridgehead atoms. The predicted octanol–water partition coefficient (Wildman–Crippen LogP) is 2.99. The lowest BCUT2D eigenvalue weighted by molar-refractivity contribution is -0.120. The molecule has 1 saturated heterocycles. The largest absolute Gasteiger partial charge is 0.369 e. The van der Waals surface area contributed by atoms with Crippen LogP contribution < -0.4 is 10.2 Å². The van der Waals surface area contributed by atoms with Gasteiger partial charge in [0.05, 0.1) is 6.42 Å². The average molecular weight is 372 g/mol. The Bertz CT molecular complexity index is 724. The molecule has 3 rings (SSSR count). The van der Waals surface area contributed by atoms with Crippen LogP contribution in [0.4, 0.5) is 5.69 Å². The van der Waals surface area contributed by atoms with Gasteiger partial charge in [-0.05, 0) is 42.8 Å². The first-order chi connectivity index (χ1) is 12.6. The standard InChI is InChI=1S/C21H26ClN3O/c1-24-12-14-25(15-13-24)20-5-3-2-4-18(20)10-11-23-21(26)16-17-6-8-19(22)9-7-17/h2-9H,10-16H2,1H3,(H,23,26). The monoisotopic (exact) mass is 371 g/mol. The van der Waals surface area contributed by atoms with Gasteiger partial charge in [0.25, 0.3) is 0 Å². The lowest BCUT2D eigenvalue weighted by Crippen LogP contribution is -2.44. The molecule has 0 saturated carbocycles. The number of carbonyl (C=O) groups excluding carboxylic acids is 1. The molecule has 1 amide bonds. The minimum absolute atomic E-state index is 0.0457. The fraction of sp³-hybridized carbons (Fsp3) is 0.381. The van der Waals surface area contributed by atoms with E-state index < -0.39 is 0 Å². The number of hydrogen-bond donors (Lipinski definition) is 1. The second kappa shape index (κ2) is 9.06. The average Bonchev–Trinajstić information content (AvgIpc) is 2.65. The number of carbonyl (C=O) groups is 1. The van der Waals surface area contributed by atoms with Crippen molar-refractivity contribution in [1.29, 1.82) is 0 Å². The van der Waals surface area contributed by atoms with Crippen LogP contribution in [-0.2, 0) is 17.6 Å². The Labute approximate surface area is 160 Å². The third-order valence-electron chi connectivity index (χ3n) is 4.83. The number of nitrogens with one attached hydrogen (secondary N) is 1. The van der Waals surface area contributed by atoms with Gasteiger partial charge >= 0.3 is 0 Å². The summed E-state index contributed by atoms with van der Waals surface area (Å²) in [5.74, 6) is 0.0457. The number of para-hydroxylation sites is 1. The first-order valence-electron chi connectivity index (χ1n) is 9.14. The molecule has 0 aliphatic carbocycles. The Kier molecular flexibility index (Phi) is 6.53. The summed E-state index contributed by atoms with van der Waals surface area (Å²) in [6, 6.07) is 15.9. The summed E-state index contributed by atoms with van der Waals surface area (Å²) in [6.45, 7) is 4.93. The molecule has 0 atom stereocenters. The number of piperazine rings is 1. The summed E-state index contributed by atoms with van der Waals surface area (Å²) in [6.07, 6.45) is 1.23. The van der Waals surface area contributed by atoms with Gasteiger partial charge in [-0.2, -0.15) is 0 Å². The SMILES string of the molecule is CN1CCN(c2ccccc2CCNC(=O)Cc2ccc(Cl)cc2)CC1. The van der Waals surface area contributed by atoms with Crippen molar-refractivity contribution in [3.8, 4) is 0 Å². The fourth-order valence-electron chi connectivity index (χ4n) is 3.26. The molecule has 0 spiro atoms. The minimum Gasteiger partial charge on any atom is -0.369 e. The van der Waals surface area contributed by atoms with Crippen molar-refractivity contribution in [1.82, 2.24) is 10.2 Å². The maximum absolute atomic E-state index is 12.2. The molecule has 5 heteroatoms. The van der Waals surface area contributed by atoms with E-state index in [1.54, 1.807) is 0 Å². The molecule has 2 aromatic rings. The van der Waals surface area contributed by atoms with E-state index in [9.17, 15) is 4.79 Å². The van der Waals surface area contributed by atoms with Gasteiger partial charge in [0.2, 0.25) is 5.91 Å². The third-order valence-corrected chi connectivity index (χ3v) is 5.08. The highest BCUT2D eigenvalue weighted by atomic mass is 35.5. The van der Waals surface area contributed by atoms with Crippen molar-refractivity contribution in [3.63, 3.8) is 0 Å². The number of amides is 1. The van der Waals surface area contributed by atoms with Crippen LogP contribution in [0.15, 0.2) is 48.5 Å². The Balaban J connectivity index is 1.51. The highest BCUT2D eigenvalue weighted by Gasteiger charge is 2.16. The third kappa shape index (κ3) is 5.23. The summed E-state index contributed by atoms with van der Waals surface area (Å²) in [5.41, 5.74) is 3.57. The van der Waals surface area contributed by atoms with Gasteiger partial charge in [0.1, 0.15) is 0 Å². The van der Waals surface area contributed by atoms with Crippen LogP contribution in [-0.4, -0.2) is 50.6 Å². The van der Waals surface area contributed by atoms with Crippen molar-refractivity contribution >= 4 is 23.2 Å². The number of hydrogen-bond acceptors (Lipinski definition) is 3. The number of halogens is 1. The van der Waals surface area contributed by atoms with E-state index in [1.165, 1.54) is 11.3 Å². The zero-order valence-electron chi connectivity index (χ0n) is 15.2. The molecule has 1 heterocycles. The zero-order valence-corrected chi connectivity index (χ0v) is 16.0. The number of nitrogens with zero attached hydrogens (tertiary/aromatic N) is 2. The lowest BCUT2D eigenvalue weighted by Gasteiger charge is -2.35. The van der Waals surface area contributed by atoms with Crippen LogP contribution in [0, 0.1) is 0 Å². The first-order valence-corrected chi connectivity index (χ1v) is 9.52. The molecule has 1 aliphatic rings. The molecule has 26 heavy (non-hydrogen) atoms. The minimum atomic E-state index is 0.0457. The van der Waals surface area contributed by atoms with Gasteiger partial charge in [-0.15, -0.1) is 0 Å². The lowest BCUT2D eigenvalue weighted by atomic mass is 10.1. The summed E-state index contributed by atoms with van der Waals surface area (Å²) in [7, 11) is 2.17. The molecule has 1 fully saturated rings. The number of anilines is 1. The van der Waals surface area contributed by atoms with E-state index >= 15 is 0 Å². The molecule has 1 aliphatic heterocycles. The highest BCUT2D eigenvalue weighted by Crippen LogP contribution is 2.22. The van der Waals surface area contributed by atoms with Crippen LogP contribution in [0.3, 0.4) is 0 Å². The Morgan fingerprint density at radius 3 is 2.46 bits per heavy atom. The van der Waals surface area contributed by atoms with E-state index in [0.29, 0.717) is 18.0 Å². The molecule has 0 aromatic heterocycles. The number of rotatable bonds is 6. The van der Waals surface area contributed by atoms with Crippen molar-refractivity contribution in [2.24, 2.45) is 0 Å². The molecule has 4 nitrogen and oxygen atoms in total. The second-order valence-corrected chi connectivity index (χ2v) is 7.26. The smallest absolute Gasteiger partial charge is 0.224 e. The van der Waals surface area contributed by atoms with Crippen LogP contribution in [0.5, 0.6) is 0 Å². The maximum atomic E-state index is 12.2. The topological polar surface area (TPSA) is 35.6 Å². The highest BCUT2D eigenvalue weighted by molar-refractivity contribution is 6.30. The fourth-order valence-corrected chi connectivity index (χ4v) is 3.39. The Morgan fingerprint density at radius 1 is 1.04 bits per heavy atom.